The van der Waals surface area contributed by atoms with Crippen LogP contribution in [-0.2, 0) is 0 Å². The average Bonchev–Trinajstić information content (AvgIpc) is 3.12. The van der Waals surface area contributed by atoms with Crippen molar-refractivity contribution in [3.8, 4) is 0 Å². The van der Waals surface area contributed by atoms with Crippen molar-refractivity contribution in [3.05, 3.63) is 46.7 Å². The molecule has 0 fully saturated rings. The number of aromatic nitrogens is 3. The lowest BCUT2D eigenvalue weighted by Gasteiger charge is -2.12. The third-order valence-electron chi connectivity index (χ3n) is 3.00. The van der Waals surface area contributed by atoms with E-state index in [9.17, 15) is 0 Å². The second kappa shape index (κ2) is 6.32. The SMILES string of the molecule is CC(C)c1ccccc1Nc1nc(Sc2ccsc2)n[nH]1. The predicted octanol–water partition coefficient (Wildman–Crippen LogP) is 4.88. The fourth-order valence-corrected chi connectivity index (χ4v) is 3.54. The van der Waals surface area contributed by atoms with Crippen LogP contribution < -0.4 is 5.32 Å². The smallest absolute Gasteiger partial charge is 0.224 e. The third-order valence-corrected chi connectivity index (χ3v) is 4.69. The summed E-state index contributed by atoms with van der Waals surface area (Å²) in [6.07, 6.45) is 0. The minimum atomic E-state index is 0.455. The molecule has 2 aromatic heterocycles. The van der Waals surface area contributed by atoms with Crippen molar-refractivity contribution in [1.29, 1.82) is 0 Å². The zero-order valence-corrected chi connectivity index (χ0v) is 13.5. The van der Waals surface area contributed by atoms with Crippen molar-refractivity contribution in [3.63, 3.8) is 0 Å². The van der Waals surface area contributed by atoms with Gasteiger partial charge in [0.1, 0.15) is 0 Å². The van der Waals surface area contributed by atoms with Gasteiger partial charge in [0, 0.05) is 16.0 Å². The van der Waals surface area contributed by atoms with Gasteiger partial charge in [0.05, 0.1) is 0 Å². The second-order valence-corrected chi connectivity index (χ2v) is 6.72. The molecule has 0 atom stereocenters. The molecule has 0 saturated heterocycles. The van der Waals surface area contributed by atoms with E-state index in [0.29, 0.717) is 11.9 Å². The summed E-state index contributed by atoms with van der Waals surface area (Å²) in [5, 5.41) is 15.3. The number of hydrogen-bond donors (Lipinski definition) is 2. The van der Waals surface area contributed by atoms with Crippen molar-refractivity contribution >= 4 is 34.7 Å². The molecule has 0 aliphatic heterocycles. The van der Waals surface area contributed by atoms with Crippen LogP contribution in [0.15, 0.2) is 51.1 Å². The van der Waals surface area contributed by atoms with E-state index in [1.165, 1.54) is 5.56 Å². The quantitative estimate of drug-likeness (QED) is 0.704. The summed E-state index contributed by atoms with van der Waals surface area (Å²) >= 11 is 3.22. The molecule has 0 spiro atoms. The van der Waals surface area contributed by atoms with Crippen LogP contribution in [0.4, 0.5) is 11.6 Å². The van der Waals surface area contributed by atoms with E-state index >= 15 is 0 Å². The van der Waals surface area contributed by atoms with Gasteiger partial charge >= 0.3 is 0 Å². The first-order chi connectivity index (χ1) is 10.2. The van der Waals surface area contributed by atoms with Crippen LogP contribution >= 0.6 is 23.1 Å². The summed E-state index contributed by atoms with van der Waals surface area (Å²) in [5.41, 5.74) is 2.33. The van der Waals surface area contributed by atoms with Gasteiger partial charge in [-0.3, -0.25) is 0 Å². The number of hydrogen-bond acceptors (Lipinski definition) is 5. The lowest BCUT2D eigenvalue weighted by atomic mass is 10.0. The number of H-pyrrole nitrogens is 1. The molecule has 0 radical (unpaired) electrons. The summed E-state index contributed by atoms with van der Waals surface area (Å²) in [6.45, 7) is 4.36. The van der Waals surface area contributed by atoms with Crippen LogP contribution in [0.25, 0.3) is 0 Å². The van der Waals surface area contributed by atoms with Gasteiger partial charge in [-0.15, -0.1) is 5.10 Å². The van der Waals surface area contributed by atoms with Crippen molar-refractivity contribution in [1.82, 2.24) is 15.2 Å². The Kier molecular flexibility index (Phi) is 4.26. The molecule has 0 aliphatic rings. The van der Waals surface area contributed by atoms with Crippen LogP contribution in [0.3, 0.4) is 0 Å². The molecule has 1 aromatic carbocycles. The molecule has 3 aromatic rings. The molecule has 2 heterocycles. The maximum absolute atomic E-state index is 4.47. The number of nitrogens with zero attached hydrogens (tertiary/aromatic N) is 2. The highest BCUT2D eigenvalue weighted by Crippen LogP contribution is 2.29. The largest absolute Gasteiger partial charge is 0.324 e. The summed E-state index contributed by atoms with van der Waals surface area (Å²) < 4.78 is 0. The van der Waals surface area contributed by atoms with E-state index in [1.807, 2.05) is 11.4 Å². The normalized spacial score (nSPS) is 11.0. The van der Waals surface area contributed by atoms with Crippen molar-refractivity contribution in [2.24, 2.45) is 0 Å². The van der Waals surface area contributed by atoms with Crippen LogP contribution in [0.2, 0.25) is 0 Å². The van der Waals surface area contributed by atoms with E-state index in [-0.39, 0.29) is 0 Å². The molecule has 6 heteroatoms. The van der Waals surface area contributed by atoms with Gasteiger partial charge in [-0.25, -0.2) is 5.10 Å². The van der Waals surface area contributed by atoms with Gasteiger partial charge in [0.15, 0.2) is 0 Å². The molecule has 21 heavy (non-hydrogen) atoms. The Morgan fingerprint density at radius 2 is 2.10 bits per heavy atom. The van der Waals surface area contributed by atoms with E-state index in [0.717, 1.165) is 15.7 Å². The number of nitrogens with one attached hydrogen (secondary N) is 2. The number of thiophene rings is 1. The maximum Gasteiger partial charge on any atom is 0.224 e. The Morgan fingerprint density at radius 1 is 1.24 bits per heavy atom. The van der Waals surface area contributed by atoms with E-state index < -0.39 is 0 Å². The fraction of sp³-hybridized carbons (Fsp3) is 0.200. The first-order valence-electron chi connectivity index (χ1n) is 6.71. The number of rotatable bonds is 5. The van der Waals surface area contributed by atoms with Gasteiger partial charge in [0.2, 0.25) is 11.1 Å². The molecule has 0 amide bonds. The standard InChI is InChI=1S/C15H16N4S2/c1-10(2)12-5-3-4-6-13(12)16-14-17-15(19-18-14)21-11-7-8-20-9-11/h3-10H,1-2H3,(H2,16,17,18,19). The molecule has 0 aliphatic carbocycles. The average molecular weight is 316 g/mol. The fourth-order valence-electron chi connectivity index (χ4n) is 2.01. The van der Waals surface area contributed by atoms with Gasteiger partial charge in [-0.05, 0) is 40.8 Å². The zero-order valence-electron chi connectivity index (χ0n) is 11.8. The van der Waals surface area contributed by atoms with E-state index in [1.54, 1.807) is 23.1 Å². The highest BCUT2D eigenvalue weighted by molar-refractivity contribution is 7.99. The lowest BCUT2D eigenvalue weighted by Crippen LogP contribution is -1.98. The number of benzene rings is 1. The summed E-state index contributed by atoms with van der Waals surface area (Å²) in [4.78, 5) is 5.63. The maximum atomic E-state index is 4.47. The Labute approximate surface area is 132 Å². The lowest BCUT2D eigenvalue weighted by molar-refractivity contribution is 0.868. The number of para-hydroxylation sites is 1. The van der Waals surface area contributed by atoms with Gasteiger partial charge < -0.3 is 5.32 Å². The number of aromatic amines is 1. The molecular formula is C15H16N4S2. The summed E-state index contributed by atoms with van der Waals surface area (Å²) in [5.74, 6) is 1.12. The minimum Gasteiger partial charge on any atom is -0.324 e. The monoisotopic (exact) mass is 316 g/mol. The van der Waals surface area contributed by atoms with Gasteiger partial charge in [0.25, 0.3) is 0 Å². The van der Waals surface area contributed by atoms with Crippen LogP contribution in [0, 0.1) is 0 Å². The first kappa shape index (κ1) is 14.2. The third kappa shape index (κ3) is 3.46. The van der Waals surface area contributed by atoms with Gasteiger partial charge in [-0.1, -0.05) is 32.0 Å². The topological polar surface area (TPSA) is 53.6 Å². The van der Waals surface area contributed by atoms with Crippen molar-refractivity contribution in [2.45, 2.75) is 29.8 Å². The molecule has 0 saturated carbocycles. The summed E-state index contributed by atoms with van der Waals surface area (Å²) in [7, 11) is 0. The highest BCUT2D eigenvalue weighted by Gasteiger charge is 2.09. The Morgan fingerprint density at radius 3 is 2.86 bits per heavy atom. The molecule has 4 nitrogen and oxygen atoms in total. The first-order valence-corrected chi connectivity index (χ1v) is 8.46. The van der Waals surface area contributed by atoms with E-state index in [2.05, 4.69) is 64.0 Å². The minimum absolute atomic E-state index is 0.455. The molecule has 3 rings (SSSR count). The molecule has 0 unspecified atom stereocenters. The van der Waals surface area contributed by atoms with Crippen LogP contribution in [0.1, 0.15) is 25.3 Å². The molecule has 108 valence electrons. The number of anilines is 2. The van der Waals surface area contributed by atoms with E-state index in [4.69, 9.17) is 0 Å². The van der Waals surface area contributed by atoms with Crippen molar-refractivity contribution in [2.75, 3.05) is 5.32 Å². The molecule has 2 N–H and O–H groups in total. The highest BCUT2D eigenvalue weighted by atomic mass is 32.2. The Balaban J connectivity index is 1.75. The summed E-state index contributed by atoms with van der Waals surface area (Å²) in [6, 6.07) is 10.3. The Hall–Kier alpha value is -1.79. The zero-order chi connectivity index (χ0) is 14.7. The van der Waals surface area contributed by atoms with Gasteiger partial charge in [-0.2, -0.15) is 16.3 Å². The second-order valence-electron chi connectivity index (χ2n) is 4.89. The molecular weight excluding hydrogens is 300 g/mol. The van der Waals surface area contributed by atoms with Crippen LogP contribution in [-0.4, -0.2) is 15.2 Å². The van der Waals surface area contributed by atoms with Crippen LogP contribution in [0.5, 0.6) is 0 Å². The molecule has 0 bridgehead atoms. The predicted molar refractivity (Wildman–Crippen MR) is 88.6 cm³/mol. The Bertz CT molecular complexity index is 704. The van der Waals surface area contributed by atoms with Crippen molar-refractivity contribution < 1.29 is 0 Å².